The van der Waals surface area contributed by atoms with Crippen LogP contribution in [0.15, 0.2) is 23.0 Å². The molecular weight excluding hydrogens is 388 g/mol. The van der Waals surface area contributed by atoms with E-state index in [0.717, 1.165) is 16.7 Å². The maximum absolute atomic E-state index is 12.3. The summed E-state index contributed by atoms with van der Waals surface area (Å²) in [6.45, 7) is 6.08. The number of nitrogens with zero attached hydrogens (tertiary/aromatic N) is 3. The van der Waals surface area contributed by atoms with Gasteiger partial charge in [0.15, 0.2) is 17.2 Å². The van der Waals surface area contributed by atoms with Gasteiger partial charge in [0.2, 0.25) is 0 Å². The van der Waals surface area contributed by atoms with E-state index < -0.39 is 16.3 Å². The molecule has 0 aliphatic rings. The standard InChI is InChI=1S/C18H23ClN4O5/c1-5-8-28-14-9-12(6-7-13(14)27-4)10-20-16-15(19)18(24)22(11(2)3)21-17(16)23(25)26/h6-7,9,11,20H,5,8,10H2,1-4H3. The number of hydrogen-bond acceptors (Lipinski definition) is 7. The number of rotatable bonds is 9. The van der Waals surface area contributed by atoms with E-state index in [0.29, 0.717) is 18.1 Å². The molecule has 0 unspecified atom stereocenters. The van der Waals surface area contributed by atoms with Gasteiger partial charge in [0.05, 0.1) is 24.9 Å². The molecule has 1 heterocycles. The summed E-state index contributed by atoms with van der Waals surface area (Å²) in [5.41, 5.74) is 0.0668. The molecule has 0 atom stereocenters. The molecule has 10 heteroatoms. The zero-order valence-corrected chi connectivity index (χ0v) is 16.9. The molecule has 1 aromatic heterocycles. The van der Waals surface area contributed by atoms with Crippen LogP contribution in [0.2, 0.25) is 5.02 Å². The lowest BCUT2D eigenvalue weighted by molar-refractivity contribution is -0.389. The molecule has 28 heavy (non-hydrogen) atoms. The van der Waals surface area contributed by atoms with Crippen molar-refractivity contribution < 1.29 is 14.4 Å². The molecule has 1 aromatic carbocycles. The first-order valence-electron chi connectivity index (χ1n) is 8.80. The summed E-state index contributed by atoms with van der Waals surface area (Å²) >= 11 is 6.12. The molecule has 0 bridgehead atoms. The van der Waals surface area contributed by atoms with Gasteiger partial charge in [-0.25, -0.2) is 0 Å². The molecule has 2 rings (SSSR count). The maximum Gasteiger partial charge on any atom is 0.413 e. The summed E-state index contributed by atoms with van der Waals surface area (Å²) < 4.78 is 11.9. The molecule has 0 radical (unpaired) electrons. The Morgan fingerprint density at radius 3 is 2.64 bits per heavy atom. The Morgan fingerprint density at radius 2 is 2.07 bits per heavy atom. The van der Waals surface area contributed by atoms with E-state index >= 15 is 0 Å². The first-order chi connectivity index (χ1) is 13.3. The van der Waals surface area contributed by atoms with Crippen molar-refractivity contribution in [1.29, 1.82) is 0 Å². The van der Waals surface area contributed by atoms with Gasteiger partial charge in [0.25, 0.3) is 0 Å². The highest BCUT2D eigenvalue weighted by Crippen LogP contribution is 2.31. The number of halogens is 1. The van der Waals surface area contributed by atoms with E-state index in [1.807, 2.05) is 6.92 Å². The lowest BCUT2D eigenvalue weighted by atomic mass is 10.2. The van der Waals surface area contributed by atoms with Gasteiger partial charge >= 0.3 is 11.4 Å². The van der Waals surface area contributed by atoms with Crippen LogP contribution in [0, 0.1) is 10.1 Å². The van der Waals surface area contributed by atoms with Crippen molar-refractivity contribution in [3.05, 3.63) is 49.3 Å². The molecule has 0 aliphatic carbocycles. The molecule has 0 saturated heterocycles. The van der Waals surface area contributed by atoms with E-state index in [1.165, 1.54) is 0 Å². The molecule has 0 saturated carbocycles. The van der Waals surface area contributed by atoms with E-state index in [2.05, 4.69) is 10.4 Å². The van der Waals surface area contributed by atoms with Crippen molar-refractivity contribution in [1.82, 2.24) is 9.78 Å². The van der Waals surface area contributed by atoms with Crippen molar-refractivity contribution in [2.24, 2.45) is 0 Å². The number of methoxy groups -OCH3 is 1. The first kappa shape index (κ1) is 21.5. The van der Waals surface area contributed by atoms with Crippen molar-refractivity contribution in [3.63, 3.8) is 0 Å². The molecule has 152 valence electrons. The number of nitro groups is 1. The highest BCUT2D eigenvalue weighted by molar-refractivity contribution is 6.33. The fourth-order valence-corrected chi connectivity index (χ4v) is 2.72. The van der Waals surface area contributed by atoms with E-state index in [1.54, 1.807) is 39.2 Å². The Morgan fingerprint density at radius 1 is 1.36 bits per heavy atom. The fraction of sp³-hybridized carbons (Fsp3) is 0.444. The second-order valence-electron chi connectivity index (χ2n) is 6.30. The van der Waals surface area contributed by atoms with Crippen molar-refractivity contribution >= 4 is 23.1 Å². The average Bonchev–Trinajstić information content (AvgIpc) is 2.66. The summed E-state index contributed by atoms with van der Waals surface area (Å²) in [5.74, 6) is 0.647. The number of nitrogens with one attached hydrogen (secondary N) is 1. The van der Waals surface area contributed by atoms with Gasteiger partial charge in [-0.2, -0.15) is 0 Å². The van der Waals surface area contributed by atoms with Gasteiger partial charge in [-0.3, -0.25) is 4.79 Å². The van der Waals surface area contributed by atoms with E-state index in [4.69, 9.17) is 21.1 Å². The molecule has 0 amide bonds. The second kappa shape index (κ2) is 9.41. The molecular formula is C18H23ClN4O5. The van der Waals surface area contributed by atoms with Crippen molar-refractivity contribution in [2.45, 2.75) is 39.8 Å². The molecule has 0 aliphatic heterocycles. The number of benzene rings is 1. The minimum Gasteiger partial charge on any atom is -0.493 e. The lowest BCUT2D eigenvalue weighted by Gasteiger charge is -2.13. The van der Waals surface area contributed by atoms with Gasteiger partial charge < -0.3 is 24.9 Å². The Bertz CT molecular complexity index is 914. The highest BCUT2D eigenvalue weighted by atomic mass is 35.5. The number of ether oxygens (including phenoxy) is 2. The van der Waals surface area contributed by atoms with Crippen LogP contribution in [0.3, 0.4) is 0 Å². The lowest BCUT2D eigenvalue weighted by Crippen LogP contribution is -2.27. The van der Waals surface area contributed by atoms with Crippen LogP contribution in [0.5, 0.6) is 11.5 Å². The van der Waals surface area contributed by atoms with Crippen molar-refractivity contribution in [3.8, 4) is 11.5 Å². The predicted molar refractivity (Wildman–Crippen MR) is 107 cm³/mol. The zero-order chi connectivity index (χ0) is 20.8. The van der Waals surface area contributed by atoms with Gasteiger partial charge in [0, 0.05) is 6.54 Å². The Labute approximate surface area is 167 Å². The molecule has 0 spiro atoms. The Kier molecular flexibility index (Phi) is 7.22. The predicted octanol–water partition coefficient (Wildman–Crippen LogP) is 3.80. The number of anilines is 1. The summed E-state index contributed by atoms with van der Waals surface area (Å²) in [5, 5.41) is 17.9. The van der Waals surface area contributed by atoms with Crippen LogP contribution < -0.4 is 20.3 Å². The van der Waals surface area contributed by atoms with E-state index in [-0.39, 0.29) is 23.3 Å². The summed E-state index contributed by atoms with van der Waals surface area (Å²) in [6.07, 6.45) is 0.839. The Hall–Kier alpha value is -2.81. The average molecular weight is 411 g/mol. The molecule has 2 aromatic rings. The van der Waals surface area contributed by atoms with Crippen LogP contribution in [-0.4, -0.2) is 28.4 Å². The second-order valence-corrected chi connectivity index (χ2v) is 6.68. The van der Waals surface area contributed by atoms with Crippen LogP contribution in [0.25, 0.3) is 0 Å². The fourth-order valence-electron chi connectivity index (χ4n) is 2.48. The monoisotopic (exact) mass is 410 g/mol. The van der Waals surface area contributed by atoms with Crippen molar-refractivity contribution in [2.75, 3.05) is 19.0 Å². The number of hydrogen-bond donors (Lipinski definition) is 1. The maximum atomic E-state index is 12.3. The summed E-state index contributed by atoms with van der Waals surface area (Å²) in [6, 6.07) is 4.93. The first-order valence-corrected chi connectivity index (χ1v) is 9.18. The molecule has 0 fully saturated rings. The van der Waals surface area contributed by atoms with Gasteiger partial charge in [-0.1, -0.05) is 24.6 Å². The van der Waals surface area contributed by atoms with Crippen LogP contribution >= 0.6 is 11.6 Å². The normalized spacial score (nSPS) is 10.8. The third-order valence-electron chi connectivity index (χ3n) is 3.86. The smallest absolute Gasteiger partial charge is 0.413 e. The minimum absolute atomic E-state index is 0.111. The zero-order valence-electron chi connectivity index (χ0n) is 16.2. The van der Waals surface area contributed by atoms with Gasteiger partial charge in [-0.05, 0) is 42.9 Å². The third kappa shape index (κ3) is 4.72. The van der Waals surface area contributed by atoms with Gasteiger partial charge in [0.1, 0.15) is 5.02 Å². The van der Waals surface area contributed by atoms with Crippen LogP contribution in [0.1, 0.15) is 38.8 Å². The minimum atomic E-state index is -0.670. The Balaban J connectivity index is 2.35. The third-order valence-corrected chi connectivity index (χ3v) is 4.21. The number of aromatic nitrogens is 2. The van der Waals surface area contributed by atoms with Crippen LogP contribution in [0.4, 0.5) is 11.5 Å². The molecule has 9 nitrogen and oxygen atoms in total. The topological polar surface area (TPSA) is 109 Å². The summed E-state index contributed by atoms with van der Waals surface area (Å²) in [4.78, 5) is 23.1. The summed E-state index contributed by atoms with van der Waals surface area (Å²) in [7, 11) is 1.55. The van der Waals surface area contributed by atoms with E-state index in [9.17, 15) is 14.9 Å². The molecule has 1 N–H and O–H groups in total. The van der Waals surface area contributed by atoms with Gasteiger partial charge in [-0.15, -0.1) is 4.68 Å². The van der Waals surface area contributed by atoms with Crippen LogP contribution in [-0.2, 0) is 6.54 Å². The largest absolute Gasteiger partial charge is 0.493 e. The quantitative estimate of drug-likeness (QED) is 0.494. The SMILES string of the molecule is CCCOc1cc(CNc2c([N+](=O)[O-])nn(C(C)C)c(=O)c2Cl)ccc1OC. The highest BCUT2D eigenvalue weighted by Gasteiger charge is 2.26.